The van der Waals surface area contributed by atoms with E-state index in [0.29, 0.717) is 11.7 Å². The van der Waals surface area contributed by atoms with Gasteiger partial charge in [0.2, 0.25) is 5.76 Å². The van der Waals surface area contributed by atoms with E-state index in [9.17, 15) is 4.79 Å². The first-order valence-electron chi connectivity index (χ1n) is 9.94. The third-order valence-corrected chi connectivity index (χ3v) is 5.01. The molecule has 3 rings (SSSR count). The molecule has 1 aromatic heterocycles. The van der Waals surface area contributed by atoms with Gasteiger partial charge < -0.3 is 14.3 Å². The van der Waals surface area contributed by atoms with Crippen molar-refractivity contribution in [2.45, 2.75) is 52.1 Å². The largest absolute Gasteiger partial charge is 0.351 e. The zero-order chi connectivity index (χ0) is 19.4. The Bertz CT molecular complexity index is 749. The van der Waals surface area contributed by atoms with Crippen molar-refractivity contribution >= 4 is 5.91 Å². The molecule has 1 atom stereocenters. The lowest BCUT2D eigenvalue weighted by Gasteiger charge is -2.35. The Morgan fingerprint density at radius 2 is 2.00 bits per heavy atom. The summed E-state index contributed by atoms with van der Waals surface area (Å²) in [5.41, 5.74) is 3.34. The minimum Gasteiger partial charge on any atom is -0.351 e. The maximum Gasteiger partial charge on any atom is 0.292 e. The second kappa shape index (κ2) is 8.70. The van der Waals surface area contributed by atoms with Gasteiger partial charge in [-0.25, -0.2) is 0 Å². The summed E-state index contributed by atoms with van der Waals surface area (Å²) in [6.45, 7) is 5.96. The zero-order valence-corrected chi connectivity index (χ0v) is 16.9. The highest BCUT2D eigenvalue weighted by Gasteiger charge is 2.30. The van der Waals surface area contributed by atoms with E-state index < -0.39 is 0 Å². The fourth-order valence-corrected chi connectivity index (χ4v) is 3.80. The molecule has 1 aromatic carbocycles. The number of amides is 1. The smallest absolute Gasteiger partial charge is 0.292 e. The lowest BCUT2D eigenvalue weighted by atomic mass is 9.94. The molecule has 0 radical (unpaired) electrons. The summed E-state index contributed by atoms with van der Waals surface area (Å²) < 4.78 is 5.38. The van der Waals surface area contributed by atoms with Gasteiger partial charge in [0.1, 0.15) is 0 Å². The summed E-state index contributed by atoms with van der Waals surface area (Å²) in [5, 5.41) is 4.08. The molecule has 5 nitrogen and oxygen atoms in total. The van der Waals surface area contributed by atoms with E-state index in [1.165, 1.54) is 11.1 Å². The van der Waals surface area contributed by atoms with Crippen LogP contribution in [-0.4, -0.2) is 41.5 Å². The number of hydrogen-bond acceptors (Lipinski definition) is 4. The van der Waals surface area contributed by atoms with Gasteiger partial charge in [0.05, 0.1) is 11.7 Å². The van der Waals surface area contributed by atoms with Gasteiger partial charge in [-0.05, 0) is 56.8 Å². The molecular formula is C22H31N3O2. The summed E-state index contributed by atoms with van der Waals surface area (Å²) in [6, 6.07) is 10.6. The number of piperidine rings is 1. The molecule has 0 spiro atoms. The van der Waals surface area contributed by atoms with E-state index in [1.54, 1.807) is 0 Å². The van der Waals surface area contributed by atoms with E-state index in [2.05, 4.69) is 62.3 Å². The van der Waals surface area contributed by atoms with Gasteiger partial charge in [-0.1, -0.05) is 43.3 Å². The van der Waals surface area contributed by atoms with Gasteiger partial charge in [-0.15, -0.1) is 0 Å². The van der Waals surface area contributed by atoms with Crippen LogP contribution in [0.5, 0.6) is 0 Å². The molecule has 27 heavy (non-hydrogen) atoms. The molecule has 0 saturated carbocycles. The van der Waals surface area contributed by atoms with Crippen LogP contribution >= 0.6 is 0 Å². The topological polar surface area (TPSA) is 49.6 Å². The SMILES string of the molecule is CC(C)Cc1cc(C(=O)N2CCCCC2c2ccc(CN(C)C)cc2)on1. The van der Waals surface area contributed by atoms with Gasteiger partial charge >= 0.3 is 0 Å². The summed E-state index contributed by atoms with van der Waals surface area (Å²) in [4.78, 5) is 17.2. The molecule has 1 amide bonds. The van der Waals surface area contributed by atoms with Crippen LogP contribution in [0.4, 0.5) is 0 Å². The van der Waals surface area contributed by atoms with E-state index in [-0.39, 0.29) is 11.9 Å². The third-order valence-electron chi connectivity index (χ3n) is 5.01. The van der Waals surface area contributed by atoms with Crippen LogP contribution in [0.1, 0.15) is 66.5 Å². The first-order chi connectivity index (χ1) is 12.9. The Kier molecular flexibility index (Phi) is 6.32. The molecule has 1 unspecified atom stereocenters. The first-order valence-corrected chi connectivity index (χ1v) is 9.94. The average Bonchev–Trinajstić information content (AvgIpc) is 3.09. The predicted molar refractivity (Wildman–Crippen MR) is 107 cm³/mol. The van der Waals surface area contributed by atoms with Crippen molar-refractivity contribution in [1.82, 2.24) is 15.0 Å². The molecular weight excluding hydrogens is 338 g/mol. The number of rotatable bonds is 6. The second-order valence-corrected chi connectivity index (χ2v) is 8.27. The van der Waals surface area contributed by atoms with Gasteiger partial charge in [0, 0.05) is 19.2 Å². The Morgan fingerprint density at radius 1 is 1.26 bits per heavy atom. The predicted octanol–water partition coefficient (Wildman–Crippen LogP) is 4.30. The van der Waals surface area contributed by atoms with Crippen molar-refractivity contribution in [2.24, 2.45) is 5.92 Å². The average molecular weight is 370 g/mol. The van der Waals surface area contributed by atoms with Gasteiger partial charge in [0.15, 0.2) is 0 Å². The van der Waals surface area contributed by atoms with Crippen molar-refractivity contribution < 1.29 is 9.32 Å². The lowest BCUT2D eigenvalue weighted by Crippen LogP contribution is -2.38. The molecule has 0 aliphatic carbocycles. The van der Waals surface area contributed by atoms with Crippen molar-refractivity contribution in [1.29, 1.82) is 0 Å². The summed E-state index contributed by atoms with van der Waals surface area (Å²) in [6.07, 6.45) is 4.00. The molecule has 2 aromatic rings. The number of nitrogens with zero attached hydrogens (tertiary/aromatic N) is 3. The van der Waals surface area contributed by atoms with Crippen LogP contribution < -0.4 is 0 Å². The van der Waals surface area contributed by atoms with Crippen molar-refractivity contribution in [3.8, 4) is 0 Å². The summed E-state index contributed by atoms with van der Waals surface area (Å²) in [7, 11) is 4.14. The Labute approximate surface area is 162 Å². The molecule has 1 saturated heterocycles. The van der Waals surface area contributed by atoms with Crippen LogP contribution in [0.15, 0.2) is 34.9 Å². The number of aromatic nitrogens is 1. The standard InChI is InChI=1S/C22H31N3O2/c1-16(2)13-19-14-21(27-23-19)22(26)25-12-6-5-7-20(25)18-10-8-17(9-11-18)15-24(3)4/h8-11,14,16,20H,5-7,12-13,15H2,1-4H3. The van der Waals surface area contributed by atoms with Crippen molar-refractivity contribution in [3.05, 3.63) is 52.9 Å². The summed E-state index contributed by atoms with van der Waals surface area (Å²) in [5.74, 6) is 0.808. The van der Waals surface area contributed by atoms with Gasteiger partial charge in [0.25, 0.3) is 5.91 Å². The monoisotopic (exact) mass is 369 g/mol. The van der Waals surface area contributed by atoms with Crippen molar-refractivity contribution in [3.63, 3.8) is 0 Å². The molecule has 1 aliphatic rings. The highest BCUT2D eigenvalue weighted by atomic mass is 16.5. The highest BCUT2D eigenvalue weighted by Crippen LogP contribution is 2.32. The Hall–Kier alpha value is -2.14. The third kappa shape index (κ3) is 4.98. The number of carbonyl (C=O) groups excluding carboxylic acids is 1. The quantitative estimate of drug-likeness (QED) is 0.762. The maximum atomic E-state index is 13.1. The minimum absolute atomic E-state index is 0.0421. The molecule has 146 valence electrons. The van der Waals surface area contributed by atoms with Crippen LogP contribution in [0.3, 0.4) is 0 Å². The highest BCUT2D eigenvalue weighted by molar-refractivity contribution is 5.91. The molecule has 1 aliphatic heterocycles. The van der Waals surface area contributed by atoms with Crippen LogP contribution in [0, 0.1) is 5.92 Å². The molecule has 2 heterocycles. The van der Waals surface area contributed by atoms with Crippen LogP contribution in [0.2, 0.25) is 0 Å². The fourth-order valence-electron chi connectivity index (χ4n) is 3.80. The van der Waals surface area contributed by atoms with Crippen molar-refractivity contribution in [2.75, 3.05) is 20.6 Å². The Morgan fingerprint density at radius 3 is 2.67 bits per heavy atom. The number of hydrogen-bond donors (Lipinski definition) is 0. The number of carbonyl (C=O) groups is 1. The molecule has 1 fully saturated rings. The van der Waals surface area contributed by atoms with Crippen LogP contribution in [-0.2, 0) is 13.0 Å². The lowest BCUT2D eigenvalue weighted by molar-refractivity contribution is 0.0569. The van der Waals surface area contributed by atoms with E-state index >= 15 is 0 Å². The normalized spacial score (nSPS) is 17.7. The second-order valence-electron chi connectivity index (χ2n) is 8.27. The summed E-state index contributed by atoms with van der Waals surface area (Å²) >= 11 is 0. The minimum atomic E-state index is -0.0421. The van der Waals surface area contributed by atoms with E-state index in [4.69, 9.17) is 4.52 Å². The Balaban J connectivity index is 1.76. The zero-order valence-electron chi connectivity index (χ0n) is 16.9. The maximum absolute atomic E-state index is 13.1. The fraction of sp³-hybridized carbons (Fsp3) is 0.545. The van der Waals surface area contributed by atoms with Crippen LogP contribution in [0.25, 0.3) is 0 Å². The van der Waals surface area contributed by atoms with E-state index in [1.807, 2.05) is 11.0 Å². The number of benzene rings is 1. The first kappa shape index (κ1) is 19.6. The van der Waals surface area contributed by atoms with E-state index in [0.717, 1.165) is 44.5 Å². The van der Waals surface area contributed by atoms with Gasteiger partial charge in [-0.2, -0.15) is 0 Å². The molecule has 0 bridgehead atoms. The molecule has 0 N–H and O–H groups in total. The molecule has 5 heteroatoms. The van der Waals surface area contributed by atoms with Gasteiger partial charge in [-0.3, -0.25) is 4.79 Å². The number of likely N-dealkylation sites (tertiary alicyclic amines) is 1.